The summed E-state index contributed by atoms with van der Waals surface area (Å²) in [7, 11) is 0. The molecule has 0 amide bonds. The summed E-state index contributed by atoms with van der Waals surface area (Å²) in [5.74, 6) is 0.937. The smallest absolute Gasteiger partial charge is 0.138 e. The highest BCUT2D eigenvalue weighted by Gasteiger charge is 2.22. The third-order valence-corrected chi connectivity index (χ3v) is 7.51. The van der Waals surface area contributed by atoms with E-state index in [0.29, 0.717) is 0 Å². The zero-order chi connectivity index (χ0) is 25.3. The third kappa shape index (κ3) is 5.05. The molecule has 2 aromatic heterocycles. The Morgan fingerprint density at radius 2 is 1.72 bits per heavy atom. The summed E-state index contributed by atoms with van der Waals surface area (Å²) in [5.41, 5.74) is 8.54. The van der Waals surface area contributed by atoms with E-state index in [9.17, 15) is 0 Å². The van der Waals surface area contributed by atoms with Crippen molar-refractivity contribution < 1.29 is 0 Å². The number of aromatic nitrogens is 4. The Hall–Kier alpha value is -3.12. The van der Waals surface area contributed by atoms with Crippen LogP contribution in [-0.4, -0.2) is 50.6 Å². The summed E-state index contributed by atoms with van der Waals surface area (Å²) in [6.07, 6.45) is 4.42. The lowest BCUT2D eigenvalue weighted by Crippen LogP contribution is -2.46. The Balaban J connectivity index is 1.30. The predicted octanol–water partition coefficient (Wildman–Crippen LogP) is 6.15. The number of anilines is 1. The Morgan fingerprint density at radius 3 is 2.42 bits per heavy atom. The van der Waals surface area contributed by atoms with Crippen LogP contribution >= 0.6 is 0 Å². The van der Waals surface area contributed by atoms with Crippen LogP contribution in [0.5, 0.6) is 0 Å². The van der Waals surface area contributed by atoms with Crippen molar-refractivity contribution in [3.8, 4) is 11.4 Å². The summed E-state index contributed by atoms with van der Waals surface area (Å²) >= 11 is 0. The van der Waals surface area contributed by atoms with Crippen molar-refractivity contribution in [2.75, 3.05) is 31.1 Å². The van der Waals surface area contributed by atoms with Gasteiger partial charge in [-0.25, -0.2) is 9.97 Å². The number of rotatable bonds is 7. The van der Waals surface area contributed by atoms with Gasteiger partial charge in [0.05, 0.1) is 28.9 Å². The number of unbranched alkanes of at least 4 members (excludes halogenated alkanes) is 1. The number of nitrogens with one attached hydrogen (secondary N) is 1. The second-order valence-corrected chi connectivity index (χ2v) is 11.2. The van der Waals surface area contributed by atoms with Crippen LogP contribution in [0.2, 0.25) is 0 Å². The van der Waals surface area contributed by atoms with Crippen molar-refractivity contribution in [3.05, 3.63) is 65.7 Å². The normalized spacial score (nSPS) is 15.2. The molecule has 0 bridgehead atoms. The van der Waals surface area contributed by atoms with Gasteiger partial charge in [0.2, 0.25) is 0 Å². The van der Waals surface area contributed by atoms with Crippen LogP contribution in [0.1, 0.15) is 57.5 Å². The minimum absolute atomic E-state index is 0.148. The first-order chi connectivity index (χ1) is 17.3. The molecule has 2 aromatic carbocycles. The van der Waals surface area contributed by atoms with Crippen LogP contribution in [0.15, 0.2) is 48.8 Å². The number of piperazine rings is 1. The molecule has 1 aliphatic heterocycles. The van der Waals surface area contributed by atoms with E-state index in [4.69, 9.17) is 4.98 Å². The minimum Gasteiger partial charge on any atom is -0.367 e. The standard InChI is InChI=1S/C30H40N6/c1-6-7-15-36-21-31-22(2)27(36)20-34-16-18-35(19-17-34)26-10-8-9-25-28(26)33-29(32-25)23-11-13-24(14-12-23)30(3,4)5/h8-14,21H,6-7,15-20H2,1-5H3,(H,32,33). The number of fused-ring (bicyclic) bond motifs is 1. The van der Waals surface area contributed by atoms with Crippen molar-refractivity contribution in [1.82, 2.24) is 24.4 Å². The van der Waals surface area contributed by atoms with E-state index in [1.807, 2.05) is 6.33 Å². The van der Waals surface area contributed by atoms with Gasteiger partial charge in [-0.3, -0.25) is 4.90 Å². The fraction of sp³-hybridized carbons (Fsp3) is 0.467. The summed E-state index contributed by atoms with van der Waals surface area (Å²) in [5, 5.41) is 0. The molecule has 6 nitrogen and oxygen atoms in total. The maximum atomic E-state index is 5.06. The molecule has 5 rings (SSSR count). The highest BCUT2D eigenvalue weighted by atomic mass is 15.3. The van der Waals surface area contributed by atoms with Crippen LogP contribution in [0.4, 0.5) is 5.69 Å². The van der Waals surface area contributed by atoms with E-state index in [0.717, 1.165) is 67.4 Å². The van der Waals surface area contributed by atoms with E-state index in [2.05, 4.69) is 101 Å². The molecule has 190 valence electrons. The highest BCUT2D eigenvalue weighted by Crippen LogP contribution is 2.30. The molecule has 1 aliphatic rings. The molecule has 0 atom stereocenters. The fourth-order valence-electron chi connectivity index (χ4n) is 5.13. The number of hydrogen-bond acceptors (Lipinski definition) is 4. The molecule has 0 aliphatic carbocycles. The van der Waals surface area contributed by atoms with Crippen molar-refractivity contribution in [3.63, 3.8) is 0 Å². The Bertz CT molecular complexity index is 1300. The molecular formula is C30H40N6. The van der Waals surface area contributed by atoms with E-state index < -0.39 is 0 Å². The van der Waals surface area contributed by atoms with Gasteiger partial charge in [0, 0.05) is 44.8 Å². The van der Waals surface area contributed by atoms with Crippen LogP contribution in [0, 0.1) is 6.92 Å². The minimum atomic E-state index is 0.148. The van der Waals surface area contributed by atoms with Crippen LogP contribution in [0.25, 0.3) is 22.4 Å². The Morgan fingerprint density at radius 1 is 0.972 bits per heavy atom. The fourth-order valence-corrected chi connectivity index (χ4v) is 5.13. The maximum absolute atomic E-state index is 5.06. The summed E-state index contributed by atoms with van der Waals surface area (Å²) in [4.78, 5) is 18.3. The molecule has 3 heterocycles. The van der Waals surface area contributed by atoms with E-state index in [-0.39, 0.29) is 5.41 Å². The zero-order valence-corrected chi connectivity index (χ0v) is 22.5. The largest absolute Gasteiger partial charge is 0.367 e. The number of benzene rings is 2. The second kappa shape index (κ2) is 10.1. The first kappa shape index (κ1) is 24.6. The number of H-pyrrole nitrogens is 1. The Labute approximate surface area is 215 Å². The first-order valence-corrected chi connectivity index (χ1v) is 13.4. The number of hydrogen-bond donors (Lipinski definition) is 1. The van der Waals surface area contributed by atoms with Gasteiger partial charge in [0.1, 0.15) is 11.3 Å². The highest BCUT2D eigenvalue weighted by molar-refractivity contribution is 5.91. The lowest BCUT2D eigenvalue weighted by Gasteiger charge is -2.36. The van der Waals surface area contributed by atoms with Gasteiger partial charge in [0.15, 0.2) is 0 Å². The van der Waals surface area contributed by atoms with Crippen molar-refractivity contribution >= 4 is 16.7 Å². The van der Waals surface area contributed by atoms with Gasteiger partial charge >= 0.3 is 0 Å². The maximum Gasteiger partial charge on any atom is 0.138 e. The topological polar surface area (TPSA) is 53.0 Å². The lowest BCUT2D eigenvalue weighted by atomic mass is 9.87. The number of aryl methyl sites for hydroxylation is 2. The van der Waals surface area contributed by atoms with Crippen LogP contribution < -0.4 is 4.90 Å². The van der Waals surface area contributed by atoms with Crippen molar-refractivity contribution in [2.24, 2.45) is 0 Å². The van der Waals surface area contributed by atoms with Gasteiger partial charge in [-0.05, 0) is 36.5 Å². The number of aromatic amines is 1. The van der Waals surface area contributed by atoms with Gasteiger partial charge < -0.3 is 14.5 Å². The van der Waals surface area contributed by atoms with E-state index in [1.54, 1.807) is 0 Å². The second-order valence-electron chi connectivity index (χ2n) is 11.2. The molecule has 36 heavy (non-hydrogen) atoms. The van der Waals surface area contributed by atoms with Gasteiger partial charge in [-0.2, -0.15) is 0 Å². The molecule has 1 saturated heterocycles. The average Bonchev–Trinajstić information content (AvgIpc) is 3.46. The van der Waals surface area contributed by atoms with Crippen LogP contribution in [0.3, 0.4) is 0 Å². The monoisotopic (exact) mass is 484 g/mol. The number of para-hydroxylation sites is 1. The molecule has 4 aromatic rings. The summed E-state index contributed by atoms with van der Waals surface area (Å²) in [6.45, 7) is 17.3. The van der Waals surface area contributed by atoms with Gasteiger partial charge in [0.25, 0.3) is 0 Å². The SMILES string of the molecule is CCCCn1cnc(C)c1CN1CCN(c2cccc3[nH]c(-c4ccc(C(C)(C)C)cc4)nc23)CC1. The zero-order valence-electron chi connectivity index (χ0n) is 22.5. The van der Waals surface area contributed by atoms with Crippen molar-refractivity contribution in [1.29, 1.82) is 0 Å². The molecule has 0 unspecified atom stereocenters. The lowest BCUT2D eigenvalue weighted by molar-refractivity contribution is 0.243. The molecule has 0 spiro atoms. The van der Waals surface area contributed by atoms with Gasteiger partial charge in [-0.1, -0.05) is 64.4 Å². The molecule has 0 radical (unpaired) electrons. The van der Waals surface area contributed by atoms with E-state index in [1.165, 1.54) is 29.8 Å². The first-order valence-electron chi connectivity index (χ1n) is 13.4. The average molecular weight is 485 g/mol. The van der Waals surface area contributed by atoms with Crippen molar-refractivity contribution in [2.45, 2.75) is 66.0 Å². The molecule has 6 heteroatoms. The van der Waals surface area contributed by atoms with Crippen LogP contribution in [-0.2, 0) is 18.5 Å². The molecule has 1 fully saturated rings. The molecule has 0 saturated carbocycles. The number of nitrogens with zero attached hydrogens (tertiary/aromatic N) is 5. The Kier molecular flexibility index (Phi) is 6.89. The summed E-state index contributed by atoms with van der Waals surface area (Å²) < 4.78 is 2.35. The molecule has 1 N–H and O–H groups in total. The van der Waals surface area contributed by atoms with E-state index >= 15 is 0 Å². The number of imidazole rings is 2. The molecular weight excluding hydrogens is 444 g/mol. The van der Waals surface area contributed by atoms with Gasteiger partial charge in [-0.15, -0.1) is 0 Å². The quantitative estimate of drug-likeness (QED) is 0.342. The summed E-state index contributed by atoms with van der Waals surface area (Å²) in [6, 6.07) is 15.3. The predicted molar refractivity (Wildman–Crippen MR) is 150 cm³/mol. The third-order valence-electron chi connectivity index (χ3n) is 7.51.